The Balaban J connectivity index is 1.97. The Morgan fingerprint density at radius 3 is 2.62 bits per heavy atom. The lowest BCUT2D eigenvalue weighted by Crippen LogP contribution is -2.43. The van der Waals surface area contributed by atoms with Crippen molar-refractivity contribution >= 4 is 44.8 Å². The number of rotatable bonds is 2. The number of para-hydroxylation sites is 1. The van der Waals surface area contributed by atoms with Crippen molar-refractivity contribution in [1.82, 2.24) is 10.2 Å². The third-order valence-corrected chi connectivity index (χ3v) is 5.53. The molecule has 0 aliphatic carbocycles. The monoisotopic (exact) mass is 428 g/mol. The molecule has 0 fully saturated rings. The van der Waals surface area contributed by atoms with Crippen LogP contribution in [0.25, 0.3) is 0 Å². The first-order chi connectivity index (χ1) is 12.5. The number of aromatic amines is 1. The number of nitrogens with one attached hydrogen (secondary N) is 2. The summed E-state index contributed by atoms with van der Waals surface area (Å²) in [4.78, 5) is 2.02. The maximum Gasteiger partial charge on any atom is 0.180 e. The average molecular weight is 429 g/mol. The average Bonchev–Trinajstić information content (AvgIpc) is 2.98. The van der Waals surface area contributed by atoms with Crippen molar-refractivity contribution in [2.45, 2.75) is 19.9 Å². The molecule has 4 rings (SSSR count). The molecular weight excluding hydrogens is 412 g/mol. The number of hydrogen-bond acceptors (Lipinski definition) is 3. The van der Waals surface area contributed by atoms with Crippen molar-refractivity contribution in [1.29, 1.82) is 0 Å². The first-order valence-electron chi connectivity index (χ1n) is 8.16. The molecule has 1 atom stereocenters. The van der Waals surface area contributed by atoms with Crippen LogP contribution in [-0.2, 0) is 0 Å². The zero-order valence-electron chi connectivity index (χ0n) is 14.2. The van der Waals surface area contributed by atoms with Crippen molar-refractivity contribution < 1.29 is 5.11 Å². The molecule has 0 spiro atoms. The highest BCUT2D eigenvalue weighted by Gasteiger charge is 2.37. The first kappa shape index (κ1) is 17.1. The van der Waals surface area contributed by atoms with Gasteiger partial charge in [-0.05, 0) is 60.2 Å². The summed E-state index contributed by atoms with van der Waals surface area (Å²) in [7, 11) is 0. The smallest absolute Gasteiger partial charge is 0.180 e. The van der Waals surface area contributed by atoms with Crippen molar-refractivity contribution in [3.63, 3.8) is 0 Å². The van der Waals surface area contributed by atoms with Gasteiger partial charge in [0.05, 0.1) is 10.5 Å². The molecule has 26 heavy (non-hydrogen) atoms. The number of nitrogens with zero attached hydrogens (tertiary/aromatic N) is 2. The summed E-state index contributed by atoms with van der Waals surface area (Å²) in [6.07, 6.45) is 0. The van der Waals surface area contributed by atoms with Crippen LogP contribution in [0.4, 0.5) is 11.5 Å². The fourth-order valence-electron chi connectivity index (χ4n) is 3.29. The van der Waals surface area contributed by atoms with Gasteiger partial charge < -0.3 is 15.3 Å². The minimum absolute atomic E-state index is 0.200. The molecule has 7 heteroatoms. The van der Waals surface area contributed by atoms with E-state index in [0.717, 1.165) is 22.5 Å². The third-order valence-electron chi connectivity index (χ3n) is 4.60. The van der Waals surface area contributed by atoms with E-state index in [1.165, 1.54) is 5.56 Å². The van der Waals surface area contributed by atoms with E-state index in [1.807, 2.05) is 61.2 Å². The predicted octanol–water partition coefficient (Wildman–Crippen LogP) is 4.80. The lowest BCUT2D eigenvalue weighted by atomic mass is 9.94. The first-order valence-corrected chi connectivity index (χ1v) is 9.36. The van der Waals surface area contributed by atoms with Crippen LogP contribution in [-0.4, -0.2) is 20.4 Å². The molecule has 0 saturated carbocycles. The number of aromatic hydroxyl groups is 1. The van der Waals surface area contributed by atoms with Crippen LogP contribution in [0.3, 0.4) is 0 Å². The molecule has 3 aromatic rings. The van der Waals surface area contributed by atoms with Crippen molar-refractivity contribution in [3.05, 3.63) is 69.3 Å². The van der Waals surface area contributed by atoms with E-state index in [9.17, 15) is 5.11 Å². The van der Waals surface area contributed by atoms with E-state index in [1.54, 1.807) is 0 Å². The lowest BCUT2D eigenvalue weighted by molar-refractivity contribution is 0.461. The van der Waals surface area contributed by atoms with Gasteiger partial charge in [0.15, 0.2) is 10.9 Å². The summed E-state index contributed by atoms with van der Waals surface area (Å²) in [5, 5.41) is 21.8. The lowest BCUT2D eigenvalue weighted by Gasteiger charge is -2.38. The number of anilines is 2. The molecule has 132 valence electrons. The number of hydrogen-bond donors (Lipinski definition) is 3. The number of fused-ring (bicyclic) bond motifs is 1. The highest BCUT2D eigenvalue weighted by Crippen LogP contribution is 2.45. The third kappa shape index (κ3) is 2.68. The number of phenolic OH excluding ortho intramolecular Hbond substituents is 1. The Labute approximate surface area is 165 Å². The van der Waals surface area contributed by atoms with Crippen LogP contribution in [0.15, 0.2) is 46.9 Å². The van der Waals surface area contributed by atoms with Gasteiger partial charge in [-0.15, -0.1) is 0 Å². The molecule has 5 nitrogen and oxygen atoms in total. The summed E-state index contributed by atoms with van der Waals surface area (Å²) in [6, 6.07) is 13.5. The minimum atomic E-state index is -0.294. The molecule has 2 heterocycles. The Kier molecular flexibility index (Phi) is 4.20. The standard InChI is InChI=1S/C19H17BrN4OS/c1-10-6-8-12(9-7-10)24-16(13-4-3-5-14(20)17(13)25)15-11(2)22-23-18(15)21-19(24)26/h3-9,16,25H,1-2H3,(H2,21,22,23,26). The van der Waals surface area contributed by atoms with Crippen molar-refractivity contribution in [3.8, 4) is 5.75 Å². The van der Waals surface area contributed by atoms with Crippen LogP contribution >= 0.6 is 28.1 Å². The van der Waals surface area contributed by atoms with Gasteiger partial charge in [0.2, 0.25) is 0 Å². The zero-order valence-corrected chi connectivity index (χ0v) is 16.6. The van der Waals surface area contributed by atoms with E-state index in [4.69, 9.17) is 12.2 Å². The zero-order chi connectivity index (χ0) is 18.4. The van der Waals surface area contributed by atoms with Crippen LogP contribution in [0.2, 0.25) is 0 Å². The van der Waals surface area contributed by atoms with Gasteiger partial charge in [0, 0.05) is 22.5 Å². The molecule has 0 amide bonds. The molecule has 0 bridgehead atoms. The van der Waals surface area contributed by atoms with Gasteiger partial charge in [0.1, 0.15) is 5.75 Å². The summed E-state index contributed by atoms with van der Waals surface area (Å²) in [6.45, 7) is 4.02. The second kappa shape index (κ2) is 6.41. The molecule has 2 aromatic carbocycles. The Morgan fingerprint density at radius 1 is 1.15 bits per heavy atom. The van der Waals surface area contributed by atoms with Gasteiger partial charge in [-0.2, -0.15) is 5.10 Å². The number of aryl methyl sites for hydroxylation is 2. The molecule has 3 N–H and O–H groups in total. The fraction of sp³-hybridized carbons (Fsp3) is 0.158. The SMILES string of the molecule is Cc1ccc(N2C(=S)Nc3n[nH]c(C)c3C2c2cccc(Br)c2O)cc1. The van der Waals surface area contributed by atoms with Crippen molar-refractivity contribution in [2.75, 3.05) is 10.2 Å². The molecule has 1 aliphatic rings. The molecular formula is C19H17BrN4OS. The number of benzene rings is 2. The Hall–Kier alpha value is -2.38. The summed E-state index contributed by atoms with van der Waals surface area (Å²) < 4.78 is 0.644. The fourth-order valence-corrected chi connectivity index (χ4v) is 3.98. The maximum absolute atomic E-state index is 10.7. The Bertz CT molecular complexity index is 999. The van der Waals surface area contributed by atoms with Crippen LogP contribution < -0.4 is 10.2 Å². The van der Waals surface area contributed by atoms with Gasteiger partial charge in [0.25, 0.3) is 0 Å². The summed E-state index contributed by atoms with van der Waals surface area (Å²) in [5.41, 5.74) is 4.77. The van der Waals surface area contributed by atoms with E-state index in [-0.39, 0.29) is 11.8 Å². The van der Waals surface area contributed by atoms with Crippen LogP contribution in [0, 0.1) is 13.8 Å². The highest BCUT2D eigenvalue weighted by atomic mass is 79.9. The molecule has 1 aromatic heterocycles. The van der Waals surface area contributed by atoms with Gasteiger partial charge >= 0.3 is 0 Å². The van der Waals surface area contributed by atoms with E-state index in [0.29, 0.717) is 15.4 Å². The van der Waals surface area contributed by atoms with Crippen LogP contribution in [0.5, 0.6) is 5.75 Å². The van der Waals surface area contributed by atoms with Crippen LogP contribution in [0.1, 0.15) is 28.4 Å². The van der Waals surface area contributed by atoms with E-state index < -0.39 is 0 Å². The Morgan fingerprint density at radius 2 is 1.88 bits per heavy atom. The second-order valence-electron chi connectivity index (χ2n) is 6.33. The highest BCUT2D eigenvalue weighted by molar-refractivity contribution is 9.10. The number of phenols is 1. The number of halogens is 1. The minimum Gasteiger partial charge on any atom is -0.506 e. The number of H-pyrrole nitrogens is 1. The quantitative estimate of drug-likeness (QED) is 0.511. The largest absolute Gasteiger partial charge is 0.506 e. The molecule has 0 radical (unpaired) electrons. The molecule has 1 unspecified atom stereocenters. The van der Waals surface area contributed by atoms with E-state index >= 15 is 0 Å². The summed E-state index contributed by atoms with van der Waals surface area (Å²) in [5.74, 6) is 0.895. The molecule has 0 saturated heterocycles. The summed E-state index contributed by atoms with van der Waals surface area (Å²) >= 11 is 9.07. The van der Waals surface area contributed by atoms with Gasteiger partial charge in [-0.25, -0.2) is 0 Å². The van der Waals surface area contributed by atoms with E-state index in [2.05, 4.69) is 31.4 Å². The predicted molar refractivity (Wildman–Crippen MR) is 111 cm³/mol. The normalized spacial score (nSPS) is 16.3. The van der Waals surface area contributed by atoms with Crippen molar-refractivity contribution in [2.24, 2.45) is 0 Å². The van der Waals surface area contributed by atoms with Gasteiger partial charge in [-0.1, -0.05) is 29.8 Å². The topological polar surface area (TPSA) is 64.2 Å². The molecule has 1 aliphatic heterocycles. The maximum atomic E-state index is 10.7. The number of thiocarbonyl (C=S) groups is 1. The van der Waals surface area contributed by atoms with Gasteiger partial charge in [-0.3, -0.25) is 5.10 Å². The second-order valence-corrected chi connectivity index (χ2v) is 7.57. The number of aromatic nitrogens is 2.